The van der Waals surface area contributed by atoms with Crippen LogP contribution in [0.3, 0.4) is 0 Å². The Labute approximate surface area is 170 Å². The van der Waals surface area contributed by atoms with Gasteiger partial charge in [0.05, 0.1) is 17.7 Å². The van der Waals surface area contributed by atoms with Crippen LogP contribution in [0.2, 0.25) is 5.02 Å². The molecule has 0 bridgehead atoms. The molecule has 0 spiro atoms. The van der Waals surface area contributed by atoms with Gasteiger partial charge in [0.15, 0.2) is 0 Å². The monoisotopic (exact) mass is 448 g/mol. The summed E-state index contributed by atoms with van der Waals surface area (Å²) in [4.78, 5) is 17.0. The van der Waals surface area contributed by atoms with E-state index in [-0.39, 0.29) is 30.3 Å². The lowest BCUT2D eigenvalue weighted by Gasteiger charge is -2.37. The van der Waals surface area contributed by atoms with Crippen molar-refractivity contribution < 1.29 is 22.3 Å². The van der Waals surface area contributed by atoms with Gasteiger partial charge in [-0.2, -0.15) is 17.4 Å². The van der Waals surface area contributed by atoms with Gasteiger partial charge in [-0.25, -0.2) is 9.37 Å². The van der Waals surface area contributed by atoms with Crippen molar-refractivity contribution in [3.63, 3.8) is 0 Å². The molecule has 8 nitrogen and oxygen atoms in total. The molecule has 0 aliphatic carbocycles. The van der Waals surface area contributed by atoms with Crippen molar-refractivity contribution in [2.45, 2.75) is 18.5 Å². The van der Waals surface area contributed by atoms with Gasteiger partial charge in [0.25, 0.3) is 10.2 Å². The van der Waals surface area contributed by atoms with Crippen LogP contribution in [0, 0.1) is 5.82 Å². The lowest BCUT2D eigenvalue weighted by atomic mass is 10.1. The first-order valence-corrected chi connectivity index (χ1v) is 10.9. The number of rotatable bonds is 6. The van der Waals surface area contributed by atoms with Gasteiger partial charge in [0, 0.05) is 30.9 Å². The van der Waals surface area contributed by atoms with Crippen LogP contribution in [0.25, 0.3) is 0 Å². The van der Waals surface area contributed by atoms with Crippen molar-refractivity contribution in [2.75, 3.05) is 25.6 Å². The number of nitrogens with zero attached hydrogens (tertiary/aromatic N) is 2. The molecule has 3 rings (SSSR count). The van der Waals surface area contributed by atoms with E-state index < -0.39 is 34.0 Å². The molecule has 1 fully saturated rings. The van der Waals surface area contributed by atoms with E-state index in [9.17, 15) is 17.6 Å². The Morgan fingerprint density at radius 3 is 2.96 bits per heavy atom. The van der Waals surface area contributed by atoms with Crippen LogP contribution >= 0.6 is 22.9 Å². The highest BCUT2D eigenvalue weighted by molar-refractivity contribution is 7.87. The zero-order valence-electron chi connectivity index (χ0n) is 14.8. The summed E-state index contributed by atoms with van der Waals surface area (Å²) in [5.74, 6) is -1.17. The van der Waals surface area contributed by atoms with Crippen molar-refractivity contribution in [2.24, 2.45) is 0 Å². The Morgan fingerprint density at radius 2 is 2.32 bits per heavy atom. The first-order chi connectivity index (χ1) is 13.3. The second kappa shape index (κ2) is 8.80. The molecule has 1 aliphatic heterocycles. The predicted molar refractivity (Wildman–Crippen MR) is 104 cm³/mol. The van der Waals surface area contributed by atoms with E-state index in [1.54, 1.807) is 11.6 Å². The summed E-state index contributed by atoms with van der Waals surface area (Å²) < 4.78 is 47.4. The number of carbonyl (C=O) groups excluding carboxylic acids is 1. The third-order valence-electron chi connectivity index (χ3n) is 4.16. The third-order valence-corrected chi connectivity index (χ3v) is 6.98. The maximum absolute atomic E-state index is 13.3. The minimum atomic E-state index is -3.95. The second-order valence-corrected chi connectivity index (χ2v) is 9.01. The number of thiazole rings is 1. The number of nitrogens with one attached hydrogen (secondary N) is 2. The van der Waals surface area contributed by atoms with Gasteiger partial charge in [-0.05, 0) is 24.6 Å². The largest absolute Gasteiger partial charge is 0.383 e. The molecule has 1 amide bonds. The second-order valence-electron chi connectivity index (χ2n) is 6.02. The summed E-state index contributed by atoms with van der Waals surface area (Å²) in [6, 6.07) is 2.11. The molecule has 28 heavy (non-hydrogen) atoms. The molecule has 12 heteroatoms. The predicted octanol–water partition coefficient (Wildman–Crippen LogP) is 2.17. The molecule has 1 aromatic carbocycles. The summed E-state index contributed by atoms with van der Waals surface area (Å²) in [5.41, 5.74) is 0.268. The SMILES string of the molecule is COCCN1[C@@H](C(=O)Nc2ccc(F)c(Cl)c2)C[C@@H](c2nccs2)NS1(=O)=O. The minimum absolute atomic E-state index is 0.00131. The number of amides is 1. The van der Waals surface area contributed by atoms with Crippen LogP contribution in [0.1, 0.15) is 17.5 Å². The smallest absolute Gasteiger partial charge is 0.280 e. The van der Waals surface area contributed by atoms with Crippen molar-refractivity contribution in [1.29, 1.82) is 0 Å². The number of hydrogen-bond acceptors (Lipinski definition) is 6. The van der Waals surface area contributed by atoms with E-state index >= 15 is 0 Å². The minimum Gasteiger partial charge on any atom is -0.383 e. The number of aromatic nitrogens is 1. The first kappa shape index (κ1) is 21.1. The summed E-state index contributed by atoms with van der Waals surface area (Å²) in [6.07, 6.45) is 1.75. The van der Waals surface area contributed by atoms with E-state index in [2.05, 4.69) is 15.0 Å². The Bertz CT molecular complexity index is 942. The Morgan fingerprint density at radius 1 is 1.54 bits per heavy atom. The molecule has 1 aromatic heterocycles. The van der Waals surface area contributed by atoms with Crippen molar-refractivity contribution >= 4 is 44.7 Å². The van der Waals surface area contributed by atoms with Crippen molar-refractivity contribution in [3.8, 4) is 0 Å². The number of carbonyl (C=O) groups is 1. The molecule has 2 atom stereocenters. The van der Waals surface area contributed by atoms with Crippen LogP contribution in [0.15, 0.2) is 29.8 Å². The van der Waals surface area contributed by atoms with Crippen LogP contribution in [0.5, 0.6) is 0 Å². The number of benzene rings is 1. The fourth-order valence-electron chi connectivity index (χ4n) is 2.86. The molecule has 0 unspecified atom stereocenters. The molecule has 1 aliphatic rings. The van der Waals surface area contributed by atoms with E-state index in [1.807, 2.05) is 0 Å². The normalized spacial score (nSPS) is 22.1. The van der Waals surface area contributed by atoms with Gasteiger partial charge in [-0.3, -0.25) is 4.79 Å². The Kier molecular flexibility index (Phi) is 6.63. The summed E-state index contributed by atoms with van der Waals surface area (Å²) in [6.45, 7) is 0.119. The average molecular weight is 449 g/mol. The summed E-state index contributed by atoms with van der Waals surface area (Å²) in [5, 5.41) is 4.76. The highest BCUT2D eigenvalue weighted by atomic mass is 35.5. The molecular weight excluding hydrogens is 431 g/mol. The molecule has 2 heterocycles. The van der Waals surface area contributed by atoms with Gasteiger partial charge in [-0.1, -0.05) is 11.6 Å². The van der Waals surface area contributed by atoms with Gasteiger partial charge < -0.3 is 10.1 Å². The van der Waals surface area contributed by atoms with Gasteiger partial charge in [0.2, 0.25) is 5.91 Å². The van der Waals surface area contributed by atoms with Crippen LogP contribution in [0.4, 0.5) is 10.1 Å². The molecule has 2 N–H and O–H groups in total. The maximum Gasteiger partial charge on any atom is 0.280 e. The maximum atomic E-state index is 13.3. The van der Waals surface area contributed by atoms with E-state index in [1.165, 1.54) is 30.6 Å². The summed E-state index contributed by atoms with van der Waals surface area (Å²) in [7, 11) is -2.51. The zero-order chi connectivity index (χ0) is 20.3. The Balaban J connectivity index is 1.87. The molecule has 1 saturated heterocycles. The fraction of sp³-hybridized carbons (Fsp3) is 0.375. The topological polar surface area (TPSA) is 101 Å². The number of hydrogen-bond donors (Lipinski definition) is 2. The number of ether oxygens (including phenoxy) is 1. The van der Waals surface area contributed by atoms with Gasteiger partial charge in [-0.15, -0.1) is 11.3 Å². The van der Waals surface area contributed by atoms with Crippen LogP contribution in [-0.2, 0) is 19.7 Å². The van der Waals surface area contributed by atoms with E-state index in [4.69, 9.17) is 16.3 Å². The van der Waals surface area contributed by atoms with E-state index in [0.717, 1.165) is 10.4 Å². The molecular formula is C16H18ClFN4O4S2. The average Bonchev–Trinajstić information content (AvgIpc) is 3.17. The Hall–Kier alpha value is -1.63. The number of methoxy groups -OCH3 is 1. The molecule has 0 saturated carbocycles. The molecule has 2 aromatic rings. The highest BCUT2D eigenvalue weighted by Gasteiger charge is 2.43. The zero-order valence-corrected chi connectivity index (χ0v) is 17.2. The quantitative estimate of drug-likeness (QED) is 0.705. The summed E-state index contributed by atoms with van der Waals surface area (Å²) >= 11 is 7.05. The molecule has 0 radical (unpaired) electrons. The van der Waals surface area contributed by atoms with Gasteiger partial charge in [0.1, 0.15) is 16.9 Å². The lowest BCUT2D eigenvalue weighted by Crippen LogP contribution is -2.58. The third kappa shape index (κ3) is 4.67. The van der Waals surface area contributed by atoms with Crippen molar-refractivity contribution in [1.82, 2.24) is 14.0 Å². The van der Waals surface area contributed by atoms with Crippen molar-refractivity contribution in [3.05, 3.63) is 45.6 Å². The van der Waals surface area contributed by atoms with Crippen LogP contribution in [-0.4, -0.2) is 49.9 Å². The fourth-order valence-corrected chi connectivity index (χ4v) is 5.35. The standard InChI is InChI=1S/C16H18ClFN4O4S2/c1-26-6-5-22-14(15(23)20-10-2-3-12(18)11(17)8-10)9-13(21-28(22,24)25)16-19-4-7-27-16/h2-4,7-8,13-14,21H,5-6,9H2,1H3,(H,20,23)/t13-,14+/m0/s1. The highest BCUT2D eigenvalue weighted by Crippen LogP contribution is 2.30. The first-order valence-electron chi connectivity index (χ1n) is 8.25. The lowest BCUT2D eigenvalue weighted by molar-refractivity contribution is -0.120. The van der Waals surface area contributed by atoms with E-state index in [0.29, 0.717) is 5.01 Å². The molecule has 152 valence electrons. The van der Waals surface area contributed by atoms with Crippen LogP contribution < -0.4 is 10.0 Å². The van der Waals surface area contributed by atoms with Gasteiger partial charge >= 0.3 is 0 Å². The number of anilines is 1. The number of halogens is 2.